The molecule has 2 N–H and O–H groups in total. The number of hydrogen-bond acceptors (Lipinski definition) is 4. The monoisotopic (exact) mass is 332 g/mol. The molecule has 0 saturated carbocycles. The molecule has 2 heterocycles. The van der Waals surface area contributed by atoms with Gasteiger partial charge in [-0.05, 0) is 25.0 Å². The van der Waals surface area contributed by atoms with Crippen LogP contribution in [0.3, 0.4) is 0 Å². The Morgan fingerprint density at radius 1 is 1.38 bits per heavy atom. The highest BCUT2D eigenvalue weighted by molar-refractivity contribution is 5.80. The number of carbonyl (C=O) groups excluding carboxylic acids is 1. The molecule has 1 saturated heterocycles. The Kier molecular flexibility index (Phi) is 6.40. The molecule has 7 heteroatoms. The number of carbonyl (C=O) groups is 1. The third-order valence-corrected chi connectivity index (χ3v) is 4.19. The van der Waals surface area contributed by atoms with Crippen LogP contribution in [0.15, 0.2) is 23.2 Å². The number of nitrogens with one attached hydrogen (secondary N) is 2. The van der Waals surface area contributed by atoms with Gasteiger partial charge in [0.15, 0.2) is 5.96 Å². The van der Waals surface area contributed by atoms with E-state index in [0.29, 0.717) is 12.6 Å². The molecular weight excluding hydrogens is 304 g/mol. The number of aliphatic imine (C=N–C) groups is 1. The van der Waals surface area contributed by atoms with Crippen molar-refractivity contribution in [2.24, 2.45) is 4.99 Å². The van der Waals surface area contributed by atoms with Crippen LogP contribution >= 0.6 is 0 Å². The minimum Gasteiger partial charge on any atom is -0.363 e. The van der Waals surface area contributed by atoms with Crippen LogP contribution in [0.1, 0.15) is 25.5 Å². The number of aromatic nitrogens is 1. The number of anilines is 1. The maximum atomic E-state index is 11.4. The van der Waals surface area contributed by atoms with Crippen molar-refractivity contribution in [1.29, 1.82) is 0 Å². The smallest absolute Gasteiger partial charge is 0.219 e. The third-order valence-electron chi connectivity index (χ3n) is 4.19. The van der Waals surface area contributed by atoms with E-state index in [-0.39, 0.29) is 5.91 Å². The van der Waals surface area contributed by atoms with Gasteiger partial charge in [0, 0.05) is 47.2 Å². The number of pyridine rings is 1. The van der Waals surface area contributed by atoms with E-state index < -0.39 is 0 Å². The van der Waals surface area contributed by atoms with Crippen LogP contribution in [0.25, 0.3) is 0 Å². The van der Waals surface area contributed by atoms with E-state index in [0.717, 1.165) is 43.4 Å². The molecule has 1 amide bonds. The van der Waals surface area contributed by atoms with Gasteiger partial charge in [-0.3, -0.25) is 9.79 Å². The largest absolute Gasteiger partial charge is 0.363 e. The fourth-order valence-electron chi connectivity index (χ4n) is 2.72. The predicted octanol–water partition coefficient (Wildman–Crippen LogP) is 0.823. The Morgan fingerprint density at radius 3 is 2.67 bits per heavy atom. The van der Waals surface area contributed by atoms with Crippen molar-refractivity contribution in [3.05, 3.63) is 23.9 Å². The summed E-state index contributed by atoms with van der Waals surface area (Å²) in [4.78, 5) is 24.1. The second-order valence-corrected chi connectivity index (χ2v) is 6.23. The van der Waals surface area contributed by atoms with Crippen molar-refractivity contribution in [1.82, 2.24) is 20.5 Å². The van der Waals surface area contributed by atoms with Gasteiger partial charge in [-0.15, -0.1) is 0 Å². The highest BCUT2D eigenvalue weighted by Crippen LogP contribution is 2.10. The highest BCUT2D eigenvalue weighted by Gasteiger charge is 2.21. The average molecular weight is 332 g/mol. The zero-order valence-electron chi connectivity index (χ0n) is 15.0. The first-order chi connectivity index (χ1) is 11.5. The number of likely N-dealkylation sites (tertiary alicyclic amines) is 1. The third kappa shape index (κ3) is 5.11. The second kappa shape index (κ2) is 8.52. The van der Waals surface area contributed by atoms with Crippen molar-refractivity contribution in [2.45, 2.75) is 32.4 Å². The zero-order valence-corrected chi connectivity index (χ0v) is 15.0. The second-order valence-electron chi connectivity index (χ2n) is 6.23. The lowest BCUT2D eigenvalue weighted by Crippen LogP contribution is -2.49. The SMILES string of the molecule is CN=C(NCc1cccc(N(C)C)n1)NC1CCN(C(C)=O)CC1. The average Bonchev–Trinajstić information content (AvgIpc) is 2.59. The molecule has 0 bridgehead atoms. The summed E-state index contributed by atoms with van der Waals surface area (Å²) in [6.45, 7) is 3.85. The van der Waals surface area contributed by atoms with Crippen molar-refractivity contribution >= 4 is 17.7 Å². The lowest BCUT2D eigenvalue weighted by Gasteiger charge is -2.32. The number of nitrogens with zero attached hydrogens (tertiary/aromatic N) is 4. The van der Waals surface area contributed by atoms with Gasteiger partial charge >= 0.3 is 0 Å². The van der Waals surface area contributed by atoms with Gasteiger partial charge in [0.2, 0.25) is 5.91 Å². The van der Waals surface area contributed by atoms with Crippen LogP contribution in [0.4, 0.5) is 5.82 Å². The Bertz CT molecular complexity index is 578. The molecule has 2 rings (SSSR count). The fourth-order valence-corrected chi connectivity index (χ4v) is 2.72. The summed E-state index contributed by atoms with van der Waals surface area (Å²) in [5, 5.41) is 6.75. The number of guanidine groups is 1. The van der Waals surface area contributed by atoms with E-state index in [1.165, 1.54) is 0 Å². The maximum Gasteiger partial charge on any atom is 0.219 e. The first-order valence-electron chi connectivity index (χ1n) is 8.35. The number of amides is 1. The van der Waals surface area contributed by atoms with Crippen LogP contribution in [0.2, 0.25) is 0 Å². The Labute approximate surface area is 144 Å². The van der Waals surface area contributed by atoms with E-state index in [4.69, 9.17) is 0 Å². The molecular formula is C17H28N6O. The van der Waals surface area contributed by atoms with Crippen molar-refractivity contribution in [2.75, 3.05) is 39.1 Å². The molecule has 1 aliphatic heterocycles. The number of rotatable bonds is 4. The van der Waals surface area contributed by atoms with Gasteiger partial charge in [0.25, 0.3) is 0 Å². The molecule has 0 aliphatic carbocycles. The highest BCUT2D eigenvalue weighted by atomic mass is 16.2. The fraction of sp³-hybridized carbons (Fsp3) is 0.588. The number of hydrogen-bond donors (Lipinski definition) is 2. The molecule has 0 unspecified atom stereocenters. The van der Waals surface area contributed by atoms with Crippen molar-refractivity contribution in [3.63, 3.8) is 0 Å². The summed E-state index contributed by atoms with van der Waals surface area (Å²) in [6, 6.07) is 6.33. The molecule has 1 aliphatic rings. The molecule has 1 fully saturated rings. The summed E-state index contributed by atoms with van der Waals surface area (Å²) in [7, 11) is 5.73. The minimum absolute atomic E-state index is 0.155. The molecule has 0 radical (unpaired) electrons. The van der Waals surface area contributed by atoms with Gasteiger partial charge in [-0.25, -0.2) is 4.98 Å². The van der Waals surface area contributed by atoms with Crippen LogP contribution in [-0.2, 0) is 11.3 Å². The first kappa shape index (κ1) is 18.0. The van der Waals surface area contributed by atoms with Crippen LogP contribution in [0, 0.1) is 0 Å². The van der Waals surface area contributed by atoms with Crippen LogP contribution in [-0.4, -0.2) is 62.0 Å². The lowest BCUT2D eigenvalue weighted by molar-refractivity contribution is -0.129. The molecule has 1 aromatic rings. The summed E-state index contributed by atoms with van der Waals surface area (Å²) >= 11 is 0. The van der Waals surface area contributed by atoms with E-state index in [9.17, 15) is 4.79 Å². The van der Waals surface area contributed by atoms with Gasteiger partial charge in [-0.2, -0.15) is 0 Å². The molecule has 0 aromatic carbocycles. The maximum absolute atomic E-state index is 11.4. The van der Waals surface area contributed by atoms with Crippen molar-refractivity contribution in [3.8, 4) is 0 Å². The molecule has 0 atom stereocenters. The van der Waals surface area contributed by atoms with Gasteiger partial charge in [0.1, 0.15) is 5.82 Å². The Balaban J connectivity index is 1.83. The molecule has 0 spiro atoms. The summed E-state index contributed by atoms with van der Waals surface area (Å²) in [5.41, 5.74) is 0.968. The standard InChI is InChI=1S/C17H28N6O/c1-13(24)23-10-8-14(9-11-23)21-17(18-2)19-12-15-6-5-7-16(20-15)22(3)4/h5-7,14H,8-12H2,1-4H3,(H2,18,19,21). The van der Waals surface area contributed by atoms with Crippen LogP contribution in [0.5, 0.6) is 0 Å². The van der Waals surface area contributed by atoms with Gasteiger partial charge in [0.05, 0.1) is 12.2 Å². The van der Waals surface area contributed by atoms with E-state index in [1.54, 1.807) is 14.0 Å². The normalized spacial score (nSPS) is 16.0. The number of piperidine rings is 1. The van der Waals surface area contributed by atoms with E-state index in [2.05, 4.69) is 20.6 Å². The predicted molar refractivity (Wildman–Crippen MR) is 97.2 cm³/mol. The Morgan fingerprint density at radius 2 is 2.08 bits per heavy atom. The quantitative estimate of drug-likeness (QED) is 0.631. The lowest BCUT2D eigenvalue weighted by atomic mass is 10.1. The van der Waals surface area contributed by atoms with E-state index in [1.807, 2.05) is 42.1 Å². The van der Waals surface area contributed by atoms with Crippen molar-refractivity contribution < 1.29 is 4.79 Å². The zero-order chi connectivity index (χ0) is 17.5. The molecule has 132 valence electrons. The summed E-state index contributed by atoms with van der Waals surface area (Å²) in [5.74, 6) is 1.87. The van der Waals surface area contributed by atoms with Gasteiger partial charge in [-0.1, -0.05) is 6.07 Å². The van der Waals surface area contributed by atoms with E-state index >= 15 is 0 Å². The Hall–Kier alpha value is -2.31. The minimum atomic E-state index is 0.155. The topological polar surface area (TPSA) is 72.9 Å². The first-order valence-corrected chi connectivity index (χ1v) is 8.35. The van der Waals surface area contributed by atoms with Crippen LogP contribution < -0.4 is 15.5 Å². The molecule has 24 heavy (non-hydrogen) atoms. The van der Waals surface area contributed by atoms with Gasteiger partial charge < -0.3 is 20.4 Å². The molecule has 1 aromatic heterocycles. The molecule has 7 nitrogen and oxygen atoms in total. The summed E-state index contributed by atoms with van der Waals surface area (Å²) < 4.78 is 0. The summed E-state index contributed by atoms with van der Waals surface area (Å²) in [6.07, 6.45) is 1.88.